The number of aromatic amines is 1. The largest absolute Gasteiger partial charge is 0.481 e. The summed E-state index contributed by atoms with van der Waals surface area (Å²) >= 11 is 0. The van der Waals surface area contributed by atoms with E-state index in [-0.39, 0.29) is 5.69 Å². The van der Waals surface area contributed by atoms with Gasteiger partial charge in [-0.3, -0.25) is 9.36 Å². The number of aryl methyl sites for hydroxylation is 1. The number of benzene rings is 1. The molecule has 116 valence electrons. The molecular weight excluding hydrogens is 280 g/mol. The van der Waals surface area contributed by atoms with Gasteiger partial charge in [0.15, 0.2) is 0 Å². The van der Waals surface area contributed by atoms with E-state index in [4.69, 9.17) is 0 Å². The van der Waals surface area contributed by atoms with Gasteiger partial charge in [-0.15, -0.1) is 0 Å². The highest BCUT2D eigenvalue weighted by Crippen LogP contribution is 2.40. The number of rotatable bonds is 3. The van der Waals surface area contributed by atoms with Crippen molar-refractivity contribution in [3.05, 3.63) is 52.2 Å². The van der Waals surface area contributed by atoms with Crippen LogP contribution >= 0.6 is 0 Å². The Bertz CT molecular complexity index is 751. The average Bonchev–Trinajstić information content (AvgIpc) is 2.87. The van der Waals surface area contributed by atoms with Crippen LogP contribution in [0.3, 0.4) is 0 Å². The van der Waals surface area contributed by atoms with Gasteiger partial charge in [0.05, 0.1) is 11.1 Å². The van der Waals surface area contributed by atoms with Crippen molar-refractivity contribution < 1.29 is 9.90 Å². The highest BCUT2D eigenvalue weighted by molar-refractivity contribution is 5.81. The number of hydrogen-bond donors (Lipinski definition) is 2. The summed E-state index contributed by atoms with van der Waals surface area (Å²) in [6.07, 6.45) is 5.92. The van der Waals surface area contributed by atoms with E-state index in [9.17, 15) is 14.7 Å². The fourth-order valence-electron chi connectivity index (χ4n) is 3.50. The molecule has 2 aromatic rings. The van der Waals surface area contributed by atoms with Crippen molar-refractivity contribution in [2.75, 3.05) is 0 Å². The summed E-state index contributed by atoms with van der Waals surface area (Å²) in [5.41, 5.74) is 1.29. The van der Waals surface area contributed by atoms with Crippen LogP contribution in [-0.4, -0.2) is 20.6 Å². The van der Waals surface area contributed by atoms with Crippen LogP contribution in [0, 0.1) is 6.92 Å². The molecule has 1 heterocycles. The molecule has 22 heavy (non-hydrogen) atoms. The lowest BCUT2D eigenvalue weighted by atomic mass is 9.69. The van der Waals surface area contributed by atoms with Crippen LogP contribution in [-0.2, 0) is 10.2 Å². The summed E-state index contributed by atoms with van der Waals surface area (Å²) in [5.74, 6) is -0.762. The van der Waals surface area contributed by atoms with Gasteiger partial charge >= 0.3 is 11.7 Å². The highest BCUT2D eigenvalue weighted by Gasteiger charge is 2.41. The molecule has 1 saturated carbocycles. The second-order valence-corrected chi connectivity index (χ2v) is 6.07. The molecule has 0 radical (unpaired) electrons. The van der Waals surface area contributed by atoms with Crippen molar-refractivity contribution in [3.8, 4) is 5.69 Å². The fourth-order valence-corrected chi connectivity index (χ4v) is 3.50. The predicted octanol–water partition coefficient (Wildman–Crippen LogP) is 2.76. The first kappa shape index (κ1) is 14.6. The molecule has 5 heteroatoms. The fraction of sp³-hybridized carbons (Fsp3) is 0.412. The van der Waals surface area contributed by atoms with Crippen LogP contribution in [0.25, 0.3) is 5.69 Å². The molecule has 1 aliphatic rings. The first-order valence-electron chi connectivity index (χ1n) is 7.66. The molecular formula is C17H20N2O3. The topological polar surface area (TPSA) is 75.1 Å². The summed E-state index contributed by atoms with van der Waals surface area (Å²) in [4.78, 5) is 26.5. The number of carbonyl (C=O) groups is 1. The average molecular weight is 300 g/mol. The number of hydrogen-bond acceptors (Lipinski definition) is 2. The molecule has 0 unspecified atom stereocenters. The van der Waals surface area contributed by atoms with Crippen LogP contribution in [0.4, 0.5) is 0 Å². The van der Waals surface area contributed by atoms with E-state index in [0.717, 1.165) is 30.5 Å². The second kappa shape index (κ2) is 5.48. The van der Waals surface area contributed by atoms with Crippen LogP contribution in [0.5, 0.6) is 0 Å². The van der Waals surface area contributed by atoms with Gasteiger partial charge in [0.25, 0.3) is 0 Å². The van der Waals surface area contributed by atoms with Crippen LogP contribution in [0.2, 0.25) is 0 Å². The van der Waals surface area contributed by atoms with Crippen molar-refractivity contribution >= 4 is 5.97 Å². The van der Waals surface area contributed by atoms with Crippen molar-refractivity contribution in [2.45, 2.75) is 44.4 Å². The lowest BCUT2D eigenvalue weighted by Crippen LogP contribution is -2.38. The Balaban J connectivity index is 2.11. The molecule has 5 nitrogen and oxygen atoms in total. The molecule has 2 N–H and O–H groups in total. The molecule has 3 rings (SSSR count). The van der Waals surface area contributed by atoms with Gasteiger partial charge in [-0.2, -0.15) is 0 Å². The van der Waals surface area contributed by atoms with Crippen LogP contribution in [0.15, 0.2) is 35.3 Å². The Morgan fingerprint density at radius 3 is 2.59 bits per heavy atom. The molecule has 1 aromatic carbocycles. The van der Waals surface area contributed by atoms with E-state index in [0.29, 0.717) is 18.5 Å². The summed E-state index contributed by atoms with van der Waals surface area (Å²) < 4.78 is 1.57. The van der Waals surface area contributed by atoms with Crippen molar-refractivity contribution in [3.63, 3.8) is 0 Å². The van der Waals surface area contributed by atoms with Gasteiger partial charge in [0, 0.05) is 11.9 Å². The van der Waals surface area contributed by atoms with Crippen molar-refractivity contribution in [1.29, 1.82) is 0 Å². The molecule has 1 aliphatic carbocycles. The summed E-state index contributed by atoms with van der Waals surface area (Å²) in [6.45, 7) is 1.85. The maximum atomic E-state index is 11.9. The number of carboxylic acids is 1. The van der Waals surface area contributed by atoms with Gasteiger partial charge < -0.3 is 10.1 Å². The van der Waals surface area contributed by atoms with Gasteiger partial charge in [0.2, 0.25) is 0 Å². The minimum atomic E-state index is -0.817. The van der Waals surface area contributed by atoms with E-state index in [1.165, 1.54) is 0 Å². The first-order valence-corrected chi connectivity index (χ1v) is 7.66. The molecule has 0 saturated heterocycles. The Kier molecular flexibility index (Phi) is 3.64. The lowest BCUT2D eigenvalue weighted by molar-refractivity contribution is -0.145. The minimum Gasteiger partial charge on any atom is -0.481 e. The molecule has 0 amide bonds. The number of carboxylic acid groups (broad SMARTS) is 1. The van der Waals surface area contributed by atoms with Gasteiger partial charge in [-0.05, 0) is 37.5 Å². The molecule has 0 spiro atoms. The van der Waals surface area contributed by atoms with E-state index in [1.54, 1.807) is 10.8 Å². The molecule has 1 fully saturated rings. The monoisotopic (exact) mass is 300 g/mol. The maximum absolute atomic E-state index is 11.9. The second-order valence-electron chi connectivity index (χ2n) is 6.07. The van der Waals surface area contributed by atoms with Crippen molar-refractivity contribution in [2.24, 2.45) is 0 Å². The third kappa shape index (κ3) is 2.26. The zero-order chi connectivity index (χ0) is 15.7. The number of nitrogens with zero attached hydrogens (tertiary/aromatic N) is 1. The lowest BCUT2D eigenvalue weighted by Gasteiger charge is -2.33. The molecule has 0 bridgehead atoms. The zero-order valence-corrected chi connectivity index (χ0v) is 12.6. The first-order chi connectivity index (χ1) is 10.5. The predicted molar refractivity (Wildman–Crippen MR) is 83.5 cm³/mol. The maximum Gasteiger partial charge on any atom is 0.330 e. The Morgan fingerprint density at radius 2 is 2.00 bits per heavy atom. The minimum absolute atomic E-state index is 0.206. The third-order valence-corrected chi connectivity index (χ3v) is 4.73. The van der Waals surface area contributed by atoms with Crippen LogP contribution < -0.4 is 5.69 Å². The van der Waals surface area contributed by atoms with E-state index < -0.39 is 11.4 Å². The number of imidazole rings is 1. The highest BCUT2D eigenvalue weighted by atomic mass is 16.4. The van der Waals surface area contributed by atoms with Crippen LogP contribution in [0.1, 0.15) is 43.4 Å². The molecule has 1 aromatic heterocycles. The zero-order valence-electron chi connectivity index (χ0n) is 12.6. The van der Waals surface area contributed by atoms with E-state index in [2.05, 4.69) is 4.98 Å². The SMILES string of the molecule is Cc1c[nH]c(=O)n1-c1cccc(C2(C(=O)O)CCCCC2)c1. The van der Waals surface area contributed by atoms with Gasteiger partial charge in [-0.25, -0.2) is 4.79 Å². The van der Waals surface area contributed by atoms with E-state index >= 15 is 0 Å². The Hall–Kier alpha value is -2.30. The van der Waals surface area contributed by atoms with Gasteiger partial charge in [0.1, 0.15) is 0 Å². The number of aromatic nitrogens is 2. The third-order valence-electron chi connectivity index (χ3n) is 4.73. The number of H-pyrrole nitrogens is 1. The van der Waals surface area contributed by atoms with Gasteiger partial charge in [-0.1, -0.05) is 31.4 Å². The Labute approximate surface area is 128 Å². The number of nitrogens with one attached hydrogen (secondary N) is 1. The normalized spacial score (nSPS) is 17.3. The molecule has 0 atom stereocenters. The smallest absolute Gasteiger partial charge is 0.330 e. The standard InChI is InChI=1S/C17H20N2O3/c1-12-11-18-16(22)19(12)14-7-5-6-13(10-14)17(15(20)21)8-3-2-4-9-17/h5-7,10-11H,2-4,8-9H2,1H3,(H,18,22)(H,20,21). The summed E-state index contributed by atoms with van der Waals surface area (Å²) in [7, 11) is 0. The Morgan fingerprint density at radius 1 is 1.27 bits per heavy atom. The van der Waals surface area contributed by atoms with Crippen molar-refractivity contribution in [1.82, 2.24) is 9.55 Å². The number of aliphatic carboxylic acids is 1. The van der Waals surface area contributed by atoms with E-state index in [1.807, 2.05) is 31.2 Å². The quantitative estimate of drug-likeness (QED) is 0.915. The summed E-state index contributed by atoms with van der Waals surface area (Å²) in [5, 5.41) is 9.80. The summed E-state index contributed by atoms with van der Waals surface area (Å²) in [6, 6.07) is 7.39. The molecule has 0 aliphatic heterocycles.